The third-order valence-electron chi connectivity index (χ3n) is 2.33. The molecule has 4 nitrogen and oxygen atoms in total. The number of rotatable bonds is 2. The van der Waals surface area contributed by atoms with Crippen molar-refractivity contribution in [3.63, 3.8) is 0 Å². The molecule has 0 saturated carbocycles. The van der Waals surface area contributed by atoms with E-state index in [1.165, 1.54) is 6.20 Å². The monoisotopic (exact) mass is 226 g/mol. The van der Waals surface area contributed by atoms with E-state index in [1.807, 2.05) is 6.07 Å². The molecular formula is C13H10N2O2. The number of aromatic hydroxyl groups is 1. The minimum atomic E-state index is 0.184. The third kappa shape index (κ3) is 2.34. The number of phenolic OH excluding ortho intramolecular Hbond substituents is 1. The average Bonchev–Trinajstić information content (AvgIpc) is 2.36. The second kappa shape index (κ2) is 4.54. The predicted molar refractivity (Wildman–Crippen MR) is 61.9 cm³/mol. The second-order valence-corrected chi connectivity index (χ2v) is 3.49. The summed E-state index contributed by atoms with van der Waals surface area (Å²) in [5.41, 5.74) is 1.00. The third-order valence-corrected chi connectivity index (χ3v) is 2.33. The lowest BCUT2D eigenvalue weighted by Gasteiger charge is -2.08. The van der Waals surface area contributed by atoms with Crippen LogP contribution in [0.2, 0.25) is 0 Å². The molecule has 4 heteroatoms. The van der Waals surface area contributed by atoms with Crippen LogP contribution in [0.4, 0.5) is 0 Å². The normalized spacial score (nSPS) is 9.65. The molecule has 2 rings (SSSR count). The van der Waals surface area contributed by atoms with Crippen LogP contribution in [0.25, 0.3) is 0 Å². The maximum absolute atomic E-state index is 9.52. The molecule has 0 saturated heterocycles. The van der Waals surface area contributed by atoms with Gasteiger partial charge >= 0.3 is 0 Å². The highest BCUT2D eigenvalue weighted by molar-refractivity contribution is 5.44. The van der Waals surface area contributed by atoms with E-state index >= 15 is 0 Å². The molecule has 17 heavy (non-hydrogen) atoms. The van der Waals surface area contributed by atoms with E-state index in [1.54, 1.807) is 37.3 Å². The van der Waals surface area contributed by atoms with Crippen molar-refractivity contribution < 1.29 is 9.84 Å². The van der Waals surface area contributed by atoms with Gasteiger partial charge in [0.25, 0.3) is 0 Å². The summed E-state index contributed by atoms with van der Waals surface area (Å²) < 4.78 is 5.56. The first kappa shape index (κ1) is 11.0. The van der Waals surface area contributed by atoms with Gasteiger partial charge in [-0.3, -0.25) is 0 Å². The van der Waals surface area contributed by atoms with Crippen LogP contribution in [-0.4, -0.2) is 10.1 Å². The Balaban J connectivity index is 2.26. The van der Waals surface area contributed by atoms with E-state index in [2.05, 4.69) is 4.98 Å². The van der Waals surface area contributed by atoms with Crippen molar-refractivity contribution in [2.45, 2.75) is 6.92 Å². The molecule has 0 aliphatic rings. The molecule has 1 N–H and O–H groups in total. The molecule has 2 aromatic rings. The molecule has 0 atom stereocenters. The molecule has 0 amide bonds. The van der Waals surface area contributed by atoms with Gasteiger partial charge in [0.05, 0.1) is 6.20 Å². The van der Waals surface area contributed by atoms with Crippen molar-refractivity contribution in [3.05, 3.63) is 47.8 Å². The van der Waals surface area contributed by atoms with Crippen LogP contribution >= 0.6 is 0 Å². The van der Waals surface area contributed by atoms with Crippen molar-refractivity contribution in [2.24, 2.45) is 0 Å². The molecule has 0 unspecified atom stereocenters. The molecule has 0 fully saturated rings. The molecule has 1 aromatic carbocycles. The Labute approximate surface area is 98.7 Å². The molecule has 84 valence electrons. The van der Waals surface area contributed by atoms with Gasteiger partial charge in [0.15, 0.2) is 0 Å². The number of nitriles is 1. The van der Waals surface area contributed by atoms with E-state index in [0.717, 1.165) is 0 Å². The van der Waals surface area contributed by atoms with Gasteiger partial charge in [-0.15, -0.1) is 0 Å². The fourth-order valence-corrected chi connectivity index (χ4v) is 1.35. The predicted octanol–water partition coefficient (Wildman–Crippen LogP) is 2.76. The maximum Gasteiger partial charge on any atom is 0.145 e. The molecule has 1 aromatic heterocycles. The number of benzene rings is 1. The van der Waals surface area contributed by atoms with Gasteiger partial charge in [0.2, 0.25) is 0 Å². The topological polar surface area (TPSA) is 66.1 Å². The quantitative estimate of drug-likeness (QED) is 0.855. The molecular weight excluding hydrogens is 216 g/mol. The number of phenols is 1. The highest BCUT2D eigenvalue weighted by Gasteiger charge is 2.05. The number of hydrogen-bond donors (Lipinski definition) is 1. The first-order valence-electron chi connectivity index (χ1n) is 5.03. The standard InChI is InChI=1S/C13H10N2O2/c1-9-12(16)3-2-4-13(9)17-11-6-5-10(7-14)15-8-11/h2-6,8,16H,1H3. The highest BCUT2D eigenvalue weighted by Crippen LogP contribution is 2.29. The van der Waals surface area contributed by atoms with Crippen LogP contribution in [0.5, 0.6) is 17.2 Å². The highest BCUT2D eigenvalue weighted by atomic mass is 16.5. The van der Waals surface area contributed by atoms with Crippen LogP contribution in [0, 0.1) is 18.3 Å². The van der Waals surface area contributed by atoms with Crippen molar-refractivity contribution in [2.75, 3.05) is 0 Å². The summed E-state index contributed by atoms with van der Waals surface area (Å²) in [6, 6.07) is 10.2. The molecule has 0 aliphatic heterocycles. The first-order chi connectivity index (χ1) is 8.20. The van der Waals surface area contributed by atoms with Crippen LogP contribution in [0.3, 0.4) is 0 Å². The molecule has 0 bridgehead atoms. The van der Waals surface area contributed by atoms with E-state index in [9.17, 15) is 5.11 Å². The summed E-state index contributed by atoms with van der Waals surface area (Å²) in [4.78, 5) is 3.90. The zero-order valence-corrected chi connectivity index (χ0v) is 9.21. The van der Waals surface area contributed by atoms with Gasteiger partial charge < -0.3 is 9.84 Å². The lowest BCUT2D eigenvalue weighted by atomic mass is 10.2. The van der Waals surface area contributed by atoms with Gasteiger partial charge in [-0.05, 0) is 31.2 Å². The van der Waals surface area contributed by atoms with Crippen LogP contribution < -0.4 is 4.74 Å². The second-order valence-electron chi connectivity index (χ2n) is 3.49. The first-order valence-corrected chi connectivity index (χ1v) is 5.03. The minimum absolute atomic E-state index is 0.184. The number of pyridine rings is 1. The van der Waals surface area contributed by atoms with Gasteiger partial charge in [0, 0.05) is 5.56 Å². The molecule has 0 radical (unpaired) electrons. The lowest BCUT2D eigenvalue weighted by molar-refractivity contribution is 0.447. The summed E-state index contributed by atoms with van der Waals surface area (Å²) in [6.45, 7) is 1.77. The van der Waals surface area contributed by atoms with Gasteiger partial charge in [0.1, 0.15) is 29.0 Å². The summed E-state index contributed by atoms with van der Waals surface area (Å²) in [5.74, 6) is 1.28. The maximum atomic E-state index is 9.52. The average molecular weight is 226 g/mol. The Hall–Kier alpha value is -2.54. The Morgan fingerprint density at radius 3 is 2.76 bits per heavy atom. The van der Waals surface area contributed by atoms with Gasteiger partial charge in [-0.25, -0.2) is 4.98 Å². The SMILES string of the molecule is Cc1c(O)cccc1Oc1ccc(C#N)nc1. The number of hydrogen-bond acceptors (Lipinski definition) is 4. The van der Waals surface area contributed by atoms with E-state index in [-0.39, 0.29) is 5.75 Å². The smallest absolute Gasteiger partial charge is 0.145 e. The number of nitrogens with zero attached hydrogens (tertiary/aromatic N) is 2. The number of ether oxygens (including phenoxy) is 1. The Kier molecular flexibility index (Phi) is 2.93. The summed E-state index contributed by atoms with van der Waals surface area (Å²) in [6.07, 6.45) is 1.47. The van der Waals surface area contributed by atoms with Crippen LogP contribution in [0.15, 0.2) is 36.5 Å². The lowest BCUT2D eigenvalue weighted by Crippen LogP contribution is -1.89. The van der Waals surface area contributed by atoms with Crippen molar-refractivity contribution in [1.29, 1.82) is 5.26 Å². The van der Waals surface area contributed by atoms with Crippen LogP contribution in [-0.2, 0) is 0 Å². The summed E-state index contributed by atoms with van der Waals surface area (Å²) in [5, 5.41) is 18.1. The van der Waals surface area contributed by atoms with E-state index in [4.69, 9.17) is 10.00 Å². The zero-order chi connectivity index (χ0) is 12.3. The molecule has 1 heterocycles. The molecule has 0 aliphatic carbocycles. The Bertz CT molecular complexity index is 571. The molecule has 0 spiro atoms. The van der Waals surface area contributed by atoms with Crippen molar-refractivity contribution in [3.8, 4) is 23.3 Å². The van der Waals surface area contributed by atoms with Crippen LogP contribution in [0.1, 0.15) is 11.3 Å². The fourth-order valence-electron chi connectivity index (χ4n) is 1.35. The Morgan fingerprint density at radius 1 is 1.29 bits per heavy atom. The fraction of sp³-hybridized carbons (Fsp3) is 0.0769. The minimum Gasteiger partial charge on any atom is -0.508 e. The zero-order valence-electron chi connectivity index (χ0n) is 9.21. The van der Waals surface area contributed by atoms with E-state index < -0.39 is 0 Å². The Morgan fingerprint density at radius 2 is 2.12 bits per heavy atom. The largest absolute Gasteiger partial charge is 0.508 e. The summed E-state index contributed by atoms with van der Waals surface area (Å²) >= 11 is 0. The van der Waals surface area contributed by atoms with Crippen molar-refractivity contribution in [1.82, 2.24) is 4.98 Å². The summed E-state index contributed by atoms with van der Waals surface area (Å²) in [7, 11) is 0. The van der Waals surface area contributed by atoms with E-state index in [0.29, 0.717) is 22.8 Å². The number of aromatic nitrogens is 1. The van der Waals surface area contributed by atoms with Gasteiger partial charge in [-0.1, -0.05) is 6.07 Å². The van der Waals surface area contributed by atoms with Gasteiger partial charge in [-0.2, -0.15) is 5.26 Å². The van der Waals surface area contributed by atoms with Crippen molar-refractivity contribution >= 4 is 0 Å².